The lowest BCUT2D eigenvalue weighted by Crippen LogP contribution is -2.11. The molecule has 2 aromatic carbocycles. The van der Waals surface area contributed by atoms with Crippen LogP contribution in [0.15, 0.2) is 108 Å². The van der Waals surface area contributed by atoms with Gasteiger partial charge in [-0.25, -0.2) is 0 Å². The number of rotatable bonds is 12. The molecule has 1 aliphatic heterocycles. The van der Waals surface area contributed by atoms with Crippen LogP contribution >= 0.6 is 0 Å². The van der Waals surface area contributed by atoms with Gasteiger partial charge in [-0.05, 0) is 82.9 Å². The Morgan fingerprint density at radius 2 is 1.09 bits per heavy atom. The van der Waals surface area contributed by atoms with E-state index in [2.05, 4.69) is 101 Å². The van der Waals surface area contributed by atoms with Crippen molar-refractivity contribution in [1.82, 2.24) is 0 Å². The SMILES string of the molecule is C=C(CC/C=C(\C)CC/C=C(\C)CCC=C(C)C)C1OC(c2ccccc2)C(c2ccccc2)O1. The zero-order valence-corrected chi connectivity index (χ0v) is 22.0. The van der Waals surface area contributed by atoms with Crippen molar-refractivity contribution < 1.29 is 9.47 Å². The molecule has 0 saturated carbocycles. The van der Waals surface area contributed by atoms with Crippen molar-refractivity contribution in [3.05, 3.63) is 119 Å². The molecule has 1 heterocycles. The highest BCUT2D eigenvalue weighted by Gasteiger charge is 2.38. The molecule has 1 saturated heterocycles. The van der Waals surface area contributed by atoms with Crippen molar-refractivity contribution in [3.8, 4) is 0 Å². The van der Waals surface area contributed by atoms with Crippen molar-refractivity contribution in [2.75, 3.05) is 0 Å². The Hall–Kier alpha value is -2.68. The predicted molar refractivity (Wildman–Crippen MR) is 148 cm³/mol. The third-order valence-corrected chi connectivity index (χ3v) is 6.49. The number of ether oxygens (including phenoxy) is 2. The smallest absolute Gasteiger partial charge is 0.181 e. The molecule has 0 spiro atoms. The monoisotopic (exact) mass is 470 g/mol. The fourth-order valence-electron chi connectivity index (χ4n) is 4.39. The maximum absolute atomic E-state index is 6.42. The fraction of sp³-hybridized carbons (Fsp3) is 0.394. The van der Waals surface area contributed by atoms with Gasteiger partial charge in [-0.15, -0.1) is 0 Å². The first kappa shape index (κ1) is 26.9. The van der Waals surface area contributed by atoms with Crippen LogP contribution in [-0.2, 0) is 9.47 Å². The number of hydrogen-bond acceptors (Lipinski definition) is 2. The predicted octanol–water partition coefficient (Wildman–Crippen LogP) is 9.60. The minimum Gasteiger partial charge on any atom is -0.338 e. The van der Waals surface area contributed by atoms with E-state index in [9.17, 15) is 0 Å². The van der Waals surface area contributed by atoms with Gasteiger partial charge < -0.3 is 9.47 Å². The van der Waals surface area contributed by atoms with E-state index in [-0.39, 0.29) is 18.5 Å². The Bertz CT molecular complexity index is 962. The van der Waals surface area contributed by atoms with Crippen LogP contribution in [0.2, 0.25) is 0 Å². The molecule has 0 aliphatic carbocycles. The largest absolute Gasteiger partial charge is 0.338 e. The molecule has 2 nitrogen and oxygen atoms in total. The lowest BCUT2D eigenvalue weighted by atomic mass is 9.99. The van der Waals surface area contributed by atoms with Crippen molar-refractivity contribution in [2.24, 2.45) is 0 Å². The second-order valence-electron chi connectivity index (χ2n) is 9.92. The molecular weight excluding hydrogens is 428 g/mol. The summed E-state index contributed by atoms with van der Waals surface area (Å²) in [6, 6.07) is 20.7. The average Bonchev–Trinajstić information content (AvgIpc) is 3.31. The second-order valence-corrected chi connectivity index (χ2v) is 9.92. The van der Waals surface area contributed by atoms with Gasteiger partial charge >= 0.3 is 0 Å². The van der Waals surface area contributed by atoms with Gasteiger partial charge in [0, 0.05) is 0 Å². The first-order valence-electron chi connectivity index (χ1n) is 13.0. The van der Waals surface area contributed by atoms with Gasteiger partial charge in [-0.2, -0.15) is 0 Å². The van der Waals surface area contributed by atoms with Crippen LogP contribution in [0.25, 0.3) is 0 Å². The lowest BCUT2D eigenvalue weighted by Gasteiger charge is -2.17. The summed E-state index contributed by atoms with van der Waals surface area (Å²) in [6.07, 6.45) is 12.7. The van der Waals surface area contributed by atoms with Gasteiger partial charge in [-0.3, -0.25) is 0 Å². The van der Waals surface area contributed by atoms with Gasteiger partial charge in [0.15, 0.2) is 6.29 Å². The van der Waals surface area contributed by atoms with E-state index in [1.54, 1.807) is 0 Å². The van der Waals surface area contributed by atoms with Gasteiger partial charge in [0.05, 0.1) is 0 Å². The van der Waals surface area contributed by atoms with Crippen LogP contribution in [0.5, 0.6) is 0 Å². The average molecular weight is 471 g/mol. The van der Waals surface area contributed by atoms with Crippen LogP contribution in [-0.4, -0.2) is 6.29 Å². The molecule has 2 atom stereocenters. The molecule has 1 fully saturated rings. The maximum Gasteiger partial charge on any atom is 0.181 e. The van der Waals surface area contributed by atoms with Gasteiger partial charge in [-0.1, -0.05) is 102 Å². The summed E-state index contributed by atoms with van der Waals surface area (Å²) in [6.45, 7) is 13.1. The second kappa shape index (κ2) is 14.0. The molecule has 1 aliphatic rings. The van der Waals surface area contributed by atoms with Gasteiger partial charge in [0.2, 0.25) is 0 Å². The molecule has 0 aromatic heterocycles. The van der Waals surface area contributed by atoms with Crippen LogP contribution < -0.4 is 0 Å². The molecule has 2 unspecified atom stereocenters. The third-order valence-electron chi connectivity index (χ3n) is 6.49. The summed E-state index contributed by atoms with van der Waals surface area (Å²) < 4.78 is 12.8. The highest BCUT2D eigenvalue weighted by atomic mass is 16.7. The number of benzene rings is 2. The van der Waals surface area contributed by atoms with Crippen molar-refractivity contribution in [2.45, 2.75) is 84.7 Å². The zero-order valence-electron chi connectivity index (χ0n) is 22.0. The van der Waals surface area contributed by atoms with Gasteiger partial charge in [0.1, 0.15) is 12.2 Å². The van der Waals surface area contributed by atoms with E-state index >= 15 is 0 Å². The van der Waals surface area contributed by atoms with E-state index in [1.165, 1.54) is 16.7 Å². The molecule has 0 radical (unpaired) electrons. The first-order chi connectivity index (χ1) is 16.9. The summed E-state index contributed by atoms with van der Waals surface area (Å²) in [5.41, 5.74) is 7.60. The van der Waals surface area contributed by atoms with Crippen LogP contribution in [0.3, 0.4) is 0 Å². The van der Waals surface area contributed by atoms with E-state index < -0.39 is 0 Å². The highest BCUT2D eigenvalue weighted by molar-refractivity contribution is 5.27. The van der Waals surface area contributed by atoms with Crippen molar-refractivity contribution in [3.63, 3.8) is 0 Å². The van der Waals surface area contributed by atoms with Crippen LogP contribution in [0, 0.1) is 0 Å². The highest BCUT2D eigenvalue weighted by Crippen LogP contribution is 2.44. The summed E-state index contributed by atoms with van der Waals surface area (Å²) in [4.78, 5) is 0. The van der Waals surface area contributed by atoms with E-state index in [1.807, 2.05) is 12.1 Å². The van der Waals surface area contributed by atoms with E-state index in [0.717, 1.165) is 55.2 Å². The number of allylic oxidation sites excluding steroid dienone is 6. The van der Waals surface area contributed by atoms with E-state index in [4.69, 9.17) is 9.47 Å². The van der Waals surface area contributed by atoms with Crippen molar-refractivity contribution in [1.29, 1.82) is 0 Å². The molecule has 35 heavy (non-hydrogen) atoms. The Kier molecular flexibility index (Phi) is 10.8. The maximum atomic E-state index is 6.42. The number of hydrogen-bond donors (Lipinski definition) is 0. The standard InChI is InChI=1S/C33H42O2/c1-25(2)15-12-16-26(3)17-13-18-27(4)19-14-20-28(5)33-34-31(29-21-8-6-9-22-29)32(35-33)30-23-10-7-11-24-30/h6-11,15,17,19,21-24,31-33H,5,12-14,16,18,20H2,1-4H3/b26-17+,27-19+. The first-order valence-corrected chi connectivity index (χ1v) is 13.0. The third kappa shape index (κ3) is 8.80. The molecule has 186 valence electrons. The molecule has 0 N–H and O–H groups in total. The lowest BCUT2D eigenvalue weighted by molar-refractivity contribution is -0.0396. The molecule has 0 amide bonds. The Labute approximate surface area is 213 Å². The topological polar surface area (TPSA) is 18.5 Å². The quantitative estimate of drug-likeness (QED) is 0.287. The summed E-state index contributed by atoms with van der Waals surface area (Å²) in [5, 5.41) is 0. The summed E-state index contributed by atoms with van der Waals surface area (Å²) in [5.74, 6) is 0. The Morgan fingerprint density at radius 1 is 0.657 bits per heavy atom. The normalized spacial score (nSPS) is 20.6. The van der Waals surface area contributed by atoms with Crippen LogP contribution in [0.4, 0.5) is 0 Å². The molecular formula is C33H42O2. The molecule has 2 heteroatoms. The molecule has 2 aromatic rings. The van der Waals surface area contributed by atoms with Gasteiger partial charge in [0.25, 0.3) is 0 Å². The fourth-order valence-corrected chi connectivity index (χ4v) is 4.39. The Morgan fingerprint density at radius 3 is 1.54 bits per heavy atom. The van der Waals surface area contributed by atoms with E-state index in [0.29, 0.717) is 0 Å². The summed E-state index contributed by atoms with van der Waals surface area (Å²) >= 11 is 0. The Balaban J connectivity index is 1.50. The zero-order chi connectivity index (χ0) is 25.0. The minimum absolute atomic E-state index is 0.135. The molecule has 0 bridgehead atoms. The summed E-state index contributed by atoms with van der Waals surface area (Å²) in [7, 11) is 0. The van der Waals surface area contributed by atoms with Crippen molar-refractivity contribution >= 4 is 0 Å². The molecule has 3 rings (SSSR count). The van der Waals surface area contributed by atoms with Crippen LogP contribution in [0.1, 0.15) is 89.6 Å². The minimum atomic E-state index is -0.384.